The van der Waals surface area contributed by atoms with Crippen molar-refractivity contribution in [2.24, 2.45) is 0 Å². The Hall–Kier alpha value is -3.43. The molecule has 0 aliphatic carbocycles. The van der Waals surface area contributed by atoms with Gasteiger partial charge in [0, 0.05) is 12.8 Å². The minimum absolute atomic E-state index is 0.110. The molecule has 6 aromatic carbocycles. The molecule has 0 saturated heterocycles. The summed E-state index contributed by atoms with van der Waals surface area (Å²) < 4.78 is 0. The van der Waals surface area contributed by atoms with E-state index in [-0.39, 0.29) is 11.8 Å². The summed E-state index contributed by atoms with van der Waals surface area (Å²) in [5.41, 5.74) is 16.6. The van der Waals surface area contributed by atoms with E-state index in [4.69, 9.17) is 17.0 Å². The number of halogens is 2. The standard InChI is InChI=1S/2C22H25.C6H12BN2O2.2ClH.Zr/c2*1-6-15(3)19-12-18-8-7-9-20(22(18)13-19)21-11-14(2)10-16(4)17(21)5;1-3-5(10)8-7-9-6(11)4-2;;;/h2*7-13,15H,6H2,1-5H3;3-4H2,1-2H3,(H,8,10)(H,9,11);2*1H;/q2*-1;;;;+4/p-2. The number of fused-ring (bicyclic) bond motifs is 2. The molecule has 6 aromatic rings. The second-order valence-electron chi connectivity index (χ2n) is 15.4. The van der Waals surface area contributed by atoms with Crippen molar-refractivity contribution < 1.29 is 30.4 Å². The van der Waals surface area contributed by atoms with Crippen molar-refractivity contribution in [1.29, 1.82) is 0 Å². The van der Waals surface area contributed by atoms with E-state index >= 15 is 0 Å². The van der Waals surface area contributed by atoms with Gasteiger partial charge in [-0.15, -0.1) is 69.1 Å². The first-order chi connectivity index (χ1) is 27.6. The number of aryl methyl sites for hydroxylation is 4. The molecule has 58 heavy (non-hydrogen) atoms. The predicted octanol–water partition coefficient (Wildman–Crippen LogP) is 14.3. The van der Waals surface area contributed by atoms with Crippen molar-refractivity contribution in [3.63, 3.8) is 0 Å². The third kappa shape index (κ3) is 13.3. The Labute approximate surface area is 368 Å². The third-order valence-electron chi connectivity index (χ3n) is 11.2. The summed E-state index contributed by atoms with van der Waals surface area (Å²) in [5.74, 6) is 1.03. The van der Waals surface area contributed by atoms with Gasteiger partial charge in [0.15, 0.2) is 0 Å². The normalized spacial score (nSPS) is 11.5. The zero-order valence-corrected chi connectivity index (χ0v) is 40.7. The maximum absolute atomic E-state index is 10.6. The Bertz CT molecular complexity index is 2120. The quantitative estimate of drug-likeness (QED) is 0.106. The number of carbonyl (C=O) groups excluding carboxylic acids is 2. The Morgan fingerprint density at radius 1 is 0.603 bits per heavy atom. The zero-order valence-electron chi connectivity index (χ0n) is 36.7. The van der Waals surface area contributed by atoms with Crippen LogP contribution in [-0.4, -0.2) is 19.4 Å². The van der Waals surface area contributed by atoms with E-state index in [2.05, 4.69) is 165 Å². The molecule has 6 rings (SSSR count). The summed E-state index contributed by atoms with van der Waals surface area (Å²) in [5, 5.41) is 10.3. The second-order valence-corrected chi connectivity index (χ2v) is 19.1. The topological polar surface area (TPSA) is 58.2 Å². The number of amides is 2. The van der Waals surface area contributed by atoms with Gasteiger partial charge >= 0.3 is 45.4 Å². The molecule has 0 fully saturated rings. The van der Waals surface area contributed by atoms with Gasteiger partial charge in [0.05, 0.1) is 0 Å². The molecule has 0 aliphatic heterocycles. The number of hydrogen-bond acceptors (Lipinski definition) is 2. The molecular weight excluding hydrogens is 834 g/mol. The molecule has 0 heterocycles. The van der Waals surface area contributed by atoms with Gasteiger partial charge in [0.2, 0.25) is 11.8 Å². The summed E-state index contributed by atoms with van der Waals surface area (Å²) >= 11 is -0.826. The van der Waals surface area contributed by atoms with Crippen LogP contribution in [0.3, 0.4) is 0 Å². The minimum atomic E-state index is -0.826. The monoisotopic (exact) mass is 893 g/mol. The first-order valence-electron chi connectivity index (χ1n) is 20.6. The van der Waals surface area contributed by atoms with Crippen LogP contribution in [-0.2, 0) is 30.4 Å². The van der Waals surface area contributed by atoms with Gasteiger partial charge in [0.25, 0.3) is 0 Å². The van der Waals surface area contributed by atoms with E-state index in [1.54, 1.807) is 13.8 Å². The van der Waals surface area contributed by atoms with E-state index in [0.717, 1.165) is 0 Å². The van der Waals surface area contributed by atoms with Crippen LogP contribution in [0.25, 0.3) is 43.8 Å². The Morgan fingerprint density at radius 2 is 0.966 bits per heavy atom. The first-order valence-corrected chi connectivity index (χ1v) is 26.9. The average Bonchev–Trinajstić information content (AvgIpc) is 3.86. The number of carbonyl (C=O) groups is 2. The molecule has 8 heteroatoms. The summed E-state index contributed by atoms with van der Waals surface area (Å²) in [6, 6.07) is 32.1. The fourth-order valence-corrected chi connectivity index (χ4v) is 7.07. The molecule has 305 valence electrons. The third-order valence-corrected chi connectivity index (χ3v) is 11.2. The molecule has 2 unspecified atom stereocenters. The zero-order chi connectivity index (χ0) is 43.1. The fourth-order valence-electron chi connectivity index (χ4n) is 7.07. The van der Waals surface area contributed by atoms with Crippen molar-refractivity contribution in [3.05, 3.63) is 129 Å². The van der Waals surface area contributed by atoms with E-state index < -0.39 is 20.8 Å². The van der Waals surface area contributed by atoms with Gasteiger partial charge in [-0.3, -0.25) is 9.59 Å². The average molecular weight is 896 g/mol. The predicted molar refractivity (Wildman–Crippen MR) is 250 cm³/mol. The summed E-state index contributed by atoms with van der Waals surface area (Å²) in [4.78, 5) is 21.2. The Kier molecular flexibility index (Phi) is 20.2. The molecule has 0 bridgehead atoms. The van der Waals surface area contributed by atoms with Crippen molar-refractivity contribution in [3.8, 4) is 22.3 Å². The van der Waals surface area contributed by atoms with Gasteiger partial charge < -0.3 is 10.5 Å². The van der Waals surface area contributed by atoms with Crippen LogP contribution in [0.5, 0.6) is 0 Å². The first kappa shape index (κ1) is 48.9. The van der Waals surface area contributed by atoms with Gasteiger partial charge in [0.1, 0.15) is 0 Å². The van der Waals surface area contributed by atoms with Crippen molar-refractivity contribution in [2.75, 3.05) is 0 Å². The number of rotatable bonds is 10. The van der Waals surface area contributed by atoms with Crippen LogP contribution < -0.4 is 10.5 Å². The molecule has 2 amide bonds. The molecule has 0 aromatic heterocycles. The van der Waals surface area contributed by atoms with Gasteiger partial charge in [-0.1, -0.05) is 113 Å². The number of hydrogen-bond donors (Lipinski definition) is 2. The van der Waals surface area contributed by atoms with Crippen LogP contribution in [0.4, 0.5) is 0 Å². The van der Waals surface area contributed by atoms with Crippen molar-refractivity contribution >= 4 is 57.9 Å². The molecule has 0 spiro atoms. The van der Waals surface area contributed by atoms with E-state index in [1.165, 1.54) is 109 Å². The molecule has 0 aliphatic rings. The number of nitrogens with one attached hydrogen (secondary N) is 2. The molecule has 1 radical (unpaired) electrons. The SMILES string of the molecule is CCC(=O)N[B]NC(=O)CC.CCC(C)c1cc2c(-c3cc(C)cc(C)c3C)cccc2[cH-]1.CCC(C)c1cc2c(-c3cc(C)cc(C)c3C)cccc2[cH-]1.[Cl][Zr+2][Cl]. The van der Waals surface area contributed by atoms with E-state index in [0.29, 0.717) is 24.7 Å². The van der Waals surface area contributed by atoms with Gasteiger partial charge in [-0.25, -0.2) is 0 Å². The summed E-state index contributed by atoms with van der Waals surface area (Å²) in [6.07, 6.45) is 3.21. The van der Waals surface area contributed by atoms with Crippen LogP contribution in [0.2, 0.25) is 0 Å². The van der Waals surface area contributed by atoms with Gasteiger partial charge in [-0.05, 0) is 86.8 Å². The fraction of sp³-hybridized carbons (Fsp3) is 0.360. The van der Waals surface area contributed by atoms with Crippen molar-refractivity contribution in [2.45, 2.75) is 121 Å². The molecule has 0 saturated carbocycles. The summed E-state index contributed by atoms with van der Waals surface area (Å²) in [7, 11) is 11.1. The number of benzene rings is 4. The van der Waals surface area contributed by atoms with Crippen LogP contribution in [0.1, 0.15) is 124 Å². The second kappa shape index (κ2) is 24.0. The van der Waals surface area contributed by atoms with E-state index in [1.807, 2.05) is 0 Å². The van der Waals surface area contributed by atoms with Gasteiger partial charge in [-0.2, -0.15) is 12.1 Å². The van der Waals surface area contributed by atoms with Crippen LogP contribution in [0, 0.1) is 41.5 Å². The molecule has 2 N–H and O–H groups in total. The van der Waals surface area contributed by atoms with Crippen LogP contribution in [0.15, 0.2) is 84.9 Å². The van der Waals surface area contributed by atoms with Crippen molar-refractivity contribution in [1.82, 2.24) is 10.5 Å². The Morgan fingerprint density at radius 3 is 1.29 bits per heavy atom. The van der Waals surface area contributed by atoms with Crippen LogP contribution >= 0.6 is 17.0 Å². The molecule has 4 nitrogen and oxygen atoms in total. The molecule has 2 atom stereocenters. The molecular formula is C50H62BCl2N2O2Zr. The Balaban J connectivity index is 0.000000237. The van der Waals surface area contributed by atoms with E-state index in [9.17, 15) is 9.59 Å². The maximum atomic E-state index is 10.6. The summed E-state index contributed by atoms with van der Waals surface area (Å²) in [6.45, 7) is 25.9.